The minimum atomic E-state index is -4.61. The lowest BCUT2D eigenvalue weighted by Gasteiger charge is -2.27. The Bertz CT molecular complexity index is 725. The Balaban J connectivity index is 2.38. The van der Waals surface area contributed by atoms with Gasteiger partial charge in [0.1, 0.15) is 6.54 Å². The number of nitrogens with zero attached hydrogens (tertiary/aromatic N) is 3. The van der Waals surface area contributed by atoms with Crippen molar-refractivity contribution in [1.29, 1.82) is 0 Å². The van der Waals surface area contributed by atoms with Crippen molar-refractivity contribution in [2.45, 2.75) is 40.4 Å². The van der Waals surface area contributed by atoms with E-state index in [-0.39, 0.29) is 29.8 Å². The van der Waals surface area contributed by atoms with E-state index in [1.54, 1.807) is 23.1 Å². The summed E-state index contributed by atoms with van der Waals surface area (Å²) in [5, 5.41) is 0. The van der Waals surface area contributed by atoms with E-state index in [4.69, 9.17) is 0 Å². The minimum Gasteiger partial charge on any atom is -0.341 e. The van der Waals surface area contributed by atoms with Crippen molar-refractivity contribution < 1.29 is 18.0 Å². The summed E-state index contributed by atoms with van der Waals surface area (Å²) >= 11 is 0. The molecular formula is C18H24F3N3O. The molecule has 1 heterocycles. The van der Waals surface area contributed by atoms with Crippen molar-refractivity contribution in [3.63, 3.8) is 0 Å². The zero-order valence-electron chi connectivity index (χ0n) is 15.0. The summed E-state index contributed by atoms with van der Waals surface area (Å²) in [7, 11) is 0. The van der Waals surface area contributed by atoms with Crippen LogP contribution in [0.2, 0.25) is 0 Å². The smallest absolute Gasteiger partial charge is 0.341 e. The molecule has 0 saturated heterocycles. The molecule has 1 aromatic heterocycles. The quantitative estimate of drug-likeness (QED) is 0.779. The van der Waals surface area contributed by atoms with Crippen molar-refractivity contribution in [3.8, 4) is 0 Å². The van der Waals surface area contributed by atoms with E-state index >= 15 is 0 Å². The minimum absolute atomic E-state index is 0.238. The zero-order chi connectivity index (χ0) is 18.8. The number of halogens is 3. The molecule has 7 heteroatoms. The molecule has 1 aromatic carbocycles. The second-order valence-electron chi connectivity index (χ2n) is 7.09. The molecular weight excluding hydrogens is 331 g/mol. The number of alkyl halides is 3. The van der Waals surface area contributed by atoms with E-state index < -0.39 is 12.0 Å². The first-order chi connectivity index (χ1) is 11.6. The maximum atomic E-state index is 13.4. The Hall–Kier alpha value is -2.05. The second kappa shape index (κ2) is 7.45. The summed E-state index contributed by atoms with van der Waals surface area (Å²) in [5.74, 6) is -0.874. The van der Waals surface area contributed by atoms with E-state index in [2.05, 4.69) is 4.98 Å². The number of aromatic nitrogens is 2. The van der Waals surface area contributed by atoms with Crippen LogP contribution in [0.25, 0.3) is 11.0 Å². The fourth-order valence-electron chi connectivity index (χ4n) is 2.85. The third-order valence-electron chi connectivity index (χ3n) is 3.73. The lowest BCUT2D eigenvalue weighted by Crippen LogP contribution is -2.39. The molecule has 0 fully saturated rings. The Morgan fingerprint density at radius 1 is 1.12 bits per heavy atom. The fraction of sp³-hybridized carbons (Fsp3) is 0.556. The van der Waals surface area contributed by atoms with Gasteiger partial charge in [0, 0.05) is 13.1 Å². The van der Waals surface area contributed by atoms with Crippen LogP contribution in [-0.2, 0) is 17.5 Å². The number of fused-ring (bicyclic) bond motifs is 1. The SMILES string of the molecule is CC(C)CN(CC(C)C)C(=O)Cn1c(C(F)(F)F)nc2ccccc21. The number of hydrogen-bond acceptors (Lipinski definition) is 2. The second-order valence-corrected chi connectivity index (χ2v) is 7.09. The number of carbonyl (C=O) groups is 1. The predicted octanol–water partition coefficient (Wildman–Crippen LogP) is 4.20. The maximum absolute atomic E-state index is 13.4. The Morgan fingerprint density at radius 2 is 1.68 bits per heavy atom. The Morgan fingerprint density at radius 3 is 2.20 bits per heavy atom. The number of amides is 1. The van der Waals surface area contributed by atoms with E-state index in [0.29, 0.717) is 18.6 Å². The first-order valence-electron chi connectivity index (χ1n) is 8.39. The van der Waals surface area contributed by atoms with Gasteiger partial charge in [-0.2, -0.15) is 13.2 Å². The molecule has 0 spiro atoms. The van der Waals surface area contributed by atoms with Gasteiger partial charge >= 0.3 is 6.18 Å². The molecule has 0 aliphatic heterocycles. The fourth-order valence-corrected chi connectivity index (χ4v) is 2.85. The van der Waals surface area contributed by atoms with E-state index in [1.165, 1.54) is 6.07 Å². The van der Waals surface area contributed by atoms with Crippen molar-refractivity contribution in [1.82, 2.24) is 14.5 Å². The van der Waals surface area contributed by atoms with Crippen molar-refractivity contribution in [2.24, 2.45) is 11.8 Å². The van der Waals surface area contributed by atoms with Gasteiger partial charge in [0.25, 0.3) is 0 Å². The van der Waals surface area contributed by atoms with Crippen LogP contribution in [0.15, 0.2) is 24.3 Å². The molecule has 0 radical (unpaired) electrons. The van der Waals surface area contributed by atoms with Crippen LogP contribution in [0, 0.1) is 11.8 Å². The number of carbonyl (C=O) groups excluding carboxylic acids is 1. The van der Waals surface area contributed by atoms with Crippen LogP contribution in [0.5, 0.6) is 0 Å². The highest BCUT2D eigenvalue weighted by Crippen LogP contribution is 2.31. The van der Waals surface area contributed by atoms with Gasteiger partial charge in [-0.1, -0.05) is 39.8 Å². The molecule has 0 atom stereocenters. The van der Waals surface area contributed by atoms with Crippen LogP contribution in [0.3, 0.4) is 0 Å². The first kappa shape index (κ1) is 19.3. The van der Waals surface area contributed by atoms with Gasteiger partial charge < -0.3 is 9.47 Å². The molecule has 25 heavy (non-hydrogen) atoms. The predicted molar refractivity (Wildman–Crippen MR) is 91.0 cm³/mol. The van der Waals surface area contributed by atoms with Crippen molar-refractivity contribution >= 4 is 16.9 Å². The van der Waals surface area contributed by atoms with Gasteiger partial charge in [-0.25, -0.2) is 4.98 Å². The highest BCUT2D eigenvalue weighted by atomic mass is 19.4. The van der Waals surface area contributed by atoms with Crippen LogP contribution < -0.4 is 0 Å². The topological polar surface area (TPSA) is 38.1 Å². The summed E-state index contributed by atoms with van der Waals surface area (Å²) in [6.07, 6.45) is -4.61. The molecule has 0 N–H and O–H groups in total. The van der Waals surface area contributed by atoms with Crippen LogP contribution in [0.4, 0.5) is 13.2 Å². The molecule has 0 aliphatic rings. The monoisotopic (exact) mass is 355 g/mol. The number of rotatable bonds is 6. The van der Waals surface area contributed by atoms with E-state index in [0.717, 1.165) is 4.57 Å². The van der Waals surface area contributed by atoms with Gasteiger partial charge in [0.2, 0.25) is 11.7 Å². The third-order valence-corrected chi connectivity index (χ3v) is 3.73. The van der Waals surface area contributed by atoms with Crippen molar-refractivity contribution in [3.05, 3.63) is 30.1 Å². The molecule has 2 rings (SSSR count). The third kappa shape index (κ3) is 4.74. The molecule has 138 valence electrons. The van der Waals surface area contributed by atoms with Gasteiger partial charge in [-0.3, -0.25) is 4.79 Å². The molecule has 0 bridgehead atoms. The summed E-state index contributed by atoms with van der Waals surface area (Å²) < 4.78 is 41.0. The largest absolute Gasteiger partial charge is 0.449 e. The number of para-hydroxylation sites is 2. The molecule has 0 saturated carbocycles. The van der Waals surface area contributed by atoms with Gasteiger partial charge in [-0.15, -0.1) is 0 Å². The van der Waals surface area contributed by atoms with Crippen LogP contribution in [0.1, 0.15) is 33.5 Å². The standard InChI is InChI=1S/C18H24F3N3O/c1-12(2)9-23(10-13(3)4)16(25)11-24-15-8-6-5-7-14(15)22-17(24)18(19,20)21/h5-8,12-13H,9-11H2,1-4H3. The first-order valence-corrected chi connectivity index (χ1v) is 8.39. The van der Waals surface area contributed by atoms with Gasteiger partial charge in [0.15, 0.2) is 0 Å². The summed E-state index contributed by atoms with van der Waals surface area (Å²) in [4.78, 5) is 18.0. The van der Waals surface area contributed by atoms with Crippen molar-refractivity contribution in [2.75, 3.05) is 13.1 Å². The van der Waals surface area contributed by atoms with Gasteiger partial charge in [-0.05, 0) is 24.0 Å². The maximum Gasteiger partial charge on any atom is 0.449 e. The van der Waals surface area contributed by atoms with E-state index in [9.17, 15) is 18.0 Å². The van der Waals surface area contributed by atoms with Gasteiger partial charge in [0.05, 0.1) is 11.0 Å². The normalized spacial score (nSPS) is 12.4. The molecule has 0 aliphatic carbocycles. The average molecular weight is 355 g/mol. The highest BCUT2D eigenvalue weighted by Gasteiger charge is 2.38. The number of imidazole rings is 1. The zero-order valence-corrected chi connectivity index (χ0v) is 15.0. The summed E-state index contributed by atoms with van der Waals surface area (Å²) in [6.45, 7) is 8.59. The summed E-state index contributed by atoms with van der Waals surface area (Å²) in [6, 6.07) is 6.35. The lowest BCUT2D eigenvalue weighted by atomic mass is 10.1. The number of hydrogen-bond donors (Lipinski definition) is 0. The van der Waals surface area contributed by atoms with E-state index in [1.807, 2.05) is 27.7 Å². The Labute approximate surface area is 145 Å². The Kier molecular flexibility index (Phi) is 5.75. The molecule has 1 amide bonds. The lowest BCUT2D eigenvalue weighted by molar-refractivity contribution is -0.148. The summed E-state index contributed by atoms with van der Waals surface area (Å²) in [5.41, 5.74) is 0.555. The van der Waals surface area contributed by atoms with Crippen LogP contribution in [-0.4, -0.2) is 33.4 Å². The average Bonchev–Trinajstić information content (AvgIpc) is 2.84. The number of benzene rings is 1. The molecule has 2 aromatic rings. The molecule has 4 nitrogen and oxygen atoms in total. The highest BCUT2D eigenvalue weighted by molar-refractivity contribution is 5.81. The molecule has 0 unspecified atom stereocenters. The van der Waals surface area contributed by atoms with Crippen LogP contribution >= 0.6 is 0 Å².